The first-order valence-electron chi connectivity index (χ1n) is 8.61. The van der Waals surface area contributed by atoms with Gasteiger partial charge >= 0.3 is 0 Å². The van der Waals surface area contributed by atoms with Crippen LogP contribution in [-0.4, -0.2) is 42.0 Å². The molecule has 2 aromatic rings. The highest BCUT2D eigenvalue weighted by atomic mass is 35.5. The zero-order chi connectivity index (χ0) is 17.1. The number of carbonyl (C=O) groups is 1. The van der Waals surface area contributed by atoms with E-state index in [9.17, 15) is 4.79 Å². The standard InChI is InChI=1S/C19H25N3OS.2ClH/c1-13(2)14-6-8-15(9-7-14)18-21-17(12-24-18)19(23)22-10-4-5-16(11-22)20-3;;/h6-9,12-13,16,20H,4-5,10-11H2,1-3H3;2*1H. The van der Waals surface area contributed by atoms with Crippen molar-refractivity contribution in [2.45, 2.75) is 38.6 Å². The van der Waals surface area contributed by atoms with Gasteiger partial charge < -0.3 is 10.2 Å². The number of rotatable bonds is 4. The van der Waals surface area contributed by atoms with E-state index in [0.29, 0.717) is 17.7 Å². The molecule has 0 spiro atoms. The molecule has 1 saturated heterocycles. The number of halogens is 2. The first kappa shape index (κ1) is 22.9. The minimum atomic E-state index is 0. The van der Waals surface area contributed by atoms with E-state index in [0.717, 1.165) is 36.5 Å². The maximum Gasteiger partial charge on any atom is 0.273 e. The summed E-state index contributed by atoms with van der Waals surface area (Å²) >= 11 is 1.54. The molecule has 1 aromatic carbocycles. The zero-order valence-corrected chi connectivity index (χ0v) is 17.8. The Bertz CT molecular complexity index is 703. The summed E-state index contributed by atoms with van der Waals surface area (Å²) in [7, 11) is 1.96. The smallest absolute Gasteiger partial charge is 0.273 e. The molecule has 144 valence electrons. The average Bonchev–Trinajstić information content (AvgIpc) is 3.11. The maximum absolute atomic E-state index is 12.7. The summed E-state index contributed by atoms with van der Waals surface area (Å²) in [5.41, 5.74) is 2.97. The molecule has 1 unspecified atom stereocenters. The molecule has 26 heavy (non-hydrogen) atoms. The molecular formula is C19H27Cl2N3OS. The third-order valence-electron chi connectivity index (χ3n) is 4.66. The lowest BCUT2D eigenvalue weighted by atomic mass is 10.0. The van der Waals surface area contributed by atoms with Crippen molar-refractivity contribution in [1.29, 1.82) is 0 Å². The van der Waals surface area contributed by atoms with Gasteiger partial charge in [0.2, 0.25) is 0 Å². The molecule has 1 aromatic heterocycles. The lowest BCUT2D eigenvalue weighted by Gasteiger charge is -2.32. The topological polar surface area (TPSA) is 45.2 Å². The lowest BCUT2D eigenvalue weighted by Crippen LogP contribution is -2.47. The van der Waals surface area contributed by atoms with Gasteiger partial charge in [0.25, 0.3) is 5.91 Å². The SMILES string of the molecule is CNC1CCCN(C(=O)c2csc(-c3ccc(C(C)C)cc3)n2)C1.Cl.Cl. The summed E-state index contributed by atoms with van der Waals surface area (Å²) in [6, 6.07) is 8.88. The van der Waals surface area contributed by atoms with Crippen molar-refractivity contribution in [2.24, 2.45) is 0 Å². The molecule has 1 atom stereocenters. The molecule has 1 aliphatic rings. The Morgan fingerprint density at radius 3 is 2.58 bits per heavy atom. The molecule has 2 heterocycles. The quantitative estimate of drug-likeness (QED) is 0.792. The van der Waals surface area contributed by atoms with Gasteiger partial charge in [0.1, 0.15) is 10.7 Å². The van der Waals surface area contributed by atoms with Crippen molar-refractivity contribution in [3.63, 3.8) is 0 Å². The van der Waals surface area contributed by atoms with Gasteiger partial charge in [0.15, 0.2) is 0 Å². The van der Waals surface area contributed by atoms with Crippen LogP contribution in [0.15, 0.2) is 29.6 Å². The number of piperidine rings is 1. The lowest BCUT2D eigenvalue weighted by molar-refractivity contribution is 0.0693. The van der Waals surface area contributed by atoms with E-state index in [2.05, 4.69) is 48.4 Å². The van der Waals surface area contributed by atoms with Crippen molar-refractivity contribution in [3.8, 4) is 10.6 Å². The van der Waals surface area contributed by atoms with Crippen LogP contribution >= 0.6 is 36.2 Å². The molecule has 4 nitrogen and oxygen atoms in total. The number of nitrogens with zero attached hydrogens (tertiary/aromatic N) is 2. The summed E-state index contributed by atoms with van der Waals surface area (Å²) in [5.74, 6) is 0.572. The van der Waals surface area contributed by atoms with Gasteiger partial charge in [-0.15, -0.1) is 36.2 Å². The summed E-state index contributed by atoms with van der Waals surface area (Å²) in [5, 5.41) is 6.07. The predicted octanol–water partition coefficient (Wildman–Crippen LogP) is 4.60. The van der Waals surface area contributed by atoms with Crippen LogP contribution in [0, 0.1) is 0 Å². The Balaban J connectivity index is 0.00000169. The van der Waals surface area contributed by atoms with Gasteiger partial charge in [-0.2, -0.15) is 0 Å². The number of amides is 1. The molecule has 7 heteroatoms. The first-order valence-corrected chi connectivity index (χ1v) is 9.49. The van der Waals surface area contributed by atoms with Crippen molar-refractivity contribution >= 4 is 42.1 Å². The number of aromatic nitrogens is 1. The summed E-state index contributed by atoms with van der Waals surface area (Å²) < 4.78 is 0. The van der Waals surface area contributed by atoms with Gasteiger partial charge in [-0.1, -0.05) is 38.1 Å². The summed E-state index contributed by atoms with van der Waals surface area (Å²) in [4.78, 5) is 19.2. The number of hydrogen-bond acceptors (Lipinski definition) is 4. The number of hydrogen-bond donors (Lipinski definition) is 1. The molecule has 0 bridgehead atoms. The van der Waals surface area contributed by atoms with E-state index in [-0.39, 0.29) is 30.7 Å². The number of thiazole rings is 1. The van der Waals surface area contributed by atoms with Crippen LogP contribution in [0.4, 0.5) is 0 Å². The van der Waals surface area contributed by atoms with E-state index in [4.69, 9.17) is 0 Å². The third-order valence-corrected chi connectivity index (χ3v) is 5.56. The zero-order valence-electron chi connectivity index (χ0n) is 15.4. The van der Waals surface area contributed by atoms with Crippen LogP contribution in [0.1, 0.15) is 48.7 Å². The second-order valence-corrected chi connectivity index (χ2v) is 7.55. The first-order chi connectivity index (χ1) is 11.6. The van der Waals surface area contributed by atoms with Gasteiger partial charge in [-0.3, -0.25) is 4.79 Å². The largest absolute Gasteiger partial charge is 0.336 e. The molecule has 0 radical (unpaired) electrons. The molecule has 3 rings (SSSR count). The molecule has 1 fully saturated rings. The molecular weight excluding hydrogens is 389 g/mol. The number of benzene rings is 1. The number of carbonyl (C=O) groups excluding carboxylic acids is 1. The normalized spacial score (nSPS) is 16.8. The van der Waals surface area contributed by atoms with Crippen molar-refractivity contribution in [2.75, 3.05) is 20.1 Å². The van der Waals surface area contributed by atoms with Crippen molar-refractivity contribution in [1.82, 2.24) is 15.2 Å². The van der Waals surface area contributed by atoms with Crippen molar-refractivity contribution < 1.29 is 4.79 Å². The predicted molar refractivity (Wildman–Crippen MR) is 114 cm³/mol. The fourth-order valence-corrected chi connectivity index (χ4v) is 3.87. The fourth-order valence-electron chi connectivity index (χ4n) is 3.07. The molecule has 0 saturated carbocycles. The van der Waals surface area contributed by atoms with Crippen LogP contribution in [-0.2, 0) is 0 Å². The monoisotopic (exact) mass is 415 g/mol. The van der Waals surface area contributed by atoms with E-state index in [1.807, 2.05) is 17.3 Å². The Labute approximate surface area is 172 Å². The number of nitrogens with one attached hydrogen (secondary N) is 1. The fraction of sp³-hybridized carbons (Fsp3) is 0.474. The van der Waals surface area contributed by atoms with Crippen LogP contribution in [0.3, 0.4) is 0 Å². The summed E-state index contributed by atoms with van der Waals surface area (Å²) in [6.07, 6.45) is 2.18. The minimum absolute atomic E-state index is 0. The third kappa shape index (κ3) is 5.19. The Hall–Kier alpha value is -1.14. The van der Waals surface area contributed by atoms with Crippen LogP contribution < -0.4 is 5.32 Å². The highest BCUT2D eigenvalue weighted by Crippen LogP contribution is 2.26. The van der Waals surface area contributed by atoms with Gasteiger partial charge in [-0.05, 0) is 31.4 Å². The summed E-state index contributed by atoms with van der Waals surface area (Å²) in [6.45, 7) is 5.97. The minimum Gasteiger partial charge on any atom is -0.336 e. The number of likely N-dealkylation sites (tertiary alicyclic amines) is 1. The van der Waals surface area contributed by atoms with E-state index >= 15 is 0 Å². The highest BCUT2D eigenvalue weighted by molar-refractivity contribution is 7.13. The Morgan fingerprint density at radius 1 is 1.27 bits per heavy atom. The second-order valence-electron chi connectivity index (χ2n) is 6.69. The molecule has 1 amide bonds. The van der Waals surface area contributed by atoms with Crippen LogP contribution in [0.2, 0.25) is 0 Å². The van der Waals surface area contributed by atoms with E-state index in [1.165, 1.54) is 5.56 Å². The highest BCUT2D eigenvalue weighted by Gasteiger charge is 2.25. The van der Waals surface area contributed by atoms with E-state index in [1.54, 1.807) is 11.3 Å². The average molecular weight is 416 g/mol. The van der Waals surface area contributed by atoms with E-state index < -0.39 is 0 Å². The van der Waals surface area contributed by atoms with Crippen LogP contribution in [0.25, 0.3) is 10.6 Å². The molecule has 1 aliphatic heterocycles. The van der Waals surface area contributed by atoms with Gasteiger partial charge in [-0.25, -0.2) is 4.98 Å². The van der Waals surface area contributed by atoms with Gasteiger partial charge in [0.05, 0.1) is 0 Å². The maximum atomic E-state index is 12.7. The molecule has 0 aliphatic carbocycles. The van der Waals surface area contributed by atoms with Gasteiger partial charge in [0, 0.05) is 30.1 Å². The Kier molecular flexibility index (Phi) is 9.04. The number of likely N-dealkylation sites (N-methyl/N-ethyl adjacent to an activating group) is 1. The Morgan fingerprint density at radius 2 is 1.96 bits per heavy atom. The molecule has 1 N–H and O–H groups in total. The second kappa shape index (κ2) is 10.3. The van der Waals surface area contributed by atoms with Crippen molar-refractivity contribution in [3.05, 3.63) is 40.9 Å². The van der Waals surface area contributed by atoms with Crippen LogP contribution in [0.5, 0.6) is 0 Å².